The highest BCUT2D eigenvalue weighted by molar-refractivity contribution is 14.1. The van der Waals surface area contributed by atoms with E-state index < -0.39 is 0 Å². The van der Waals surface area contributed by atoms with Gasteiger partial charge in [-0.15, -0.1) is 0 Å². The van der Waals surface area contributed by atoms with E-state index in [1.165, 1.54) is 9.13 Å². The highest BCUT2D eigenvalue weighted by atomic mass is 127. The number of aliphatic imine (C=N–C) groups is 1. The zero-order valence-electron chi connectivity index (χ0n) is 10.4. The van der Waals surface area contributed by atoms with Gasteiger partial charge in [0.2, 0.25) is 5.90 Å². The van der Waals surface area contributed by atoms with Gasteiger partial charge in [0.05, 0.1) is 6.04 Å². The Bertz CT molecular complexity index is 577. The number of rotatable bonds is 3. The Balaban J connectivity index is 1.72. The molecule has 0 spiro atoms. The standard InChI is InChI=1S/C16H14INO/c17-14-8-6-13(7-9-14)16-18-15(11-19-16)10-12-4-2-1-3-5-12/h1-9,15H,10-11H2/t15-/m0/s1. The lowest BCUT2D eigenvalue weighted by Crippen LogP contribution is -2.09. The number of hydrogen-bond donors (Lipinski definition) is 0. The number of nitrogens with zero attached hydrogens (tertiary/aromatic N) is 1. The molecule has 19 heavy (non-hydrogen) atoms. The van der Waals surface area contributed by atoms with Gasteiger partial charge >= 0.3 is 0 Å². The Hall–Kier alpha value is -1.36. The van der Waals surface area contributed by atoms with Gasteiger partial charge in [0.25, 0.3) is 0 Å². The molecule has 0 saturated carbocycles. The second kappa shape index (κ2) is 5.74. The van der Waals surface area contributed by atoms with E-state index in [1.807, 2.05) is 6.07 Å². The van der Waals surface area contributed by atoms with Gasteiger partial charge in [0.15, 0.2) is 0 Å². The number of benzene rings is 2. The van der Waals surface area contributed by atoms with Gasteiger partial charge in [-0.25, -0.2) is 4.99 Å². The summed E-state index contributed by atoms with van der Waals surface area (Å²) in [5, 5.41) is 0. The molecule has 3 rings (SSSR count). The summed E-state index contributed by atoms with van der Waals surface area (Å²) in [5.41, 5.74) is 2.37. The Kier molecular flexibility index (Phi) is 3.82. The Morgan fingerprint density at radius 2 is 1.79 bits per heavy atom. The number of halogens is 1. The maximum atomic E-state index is 5.71. The number of hydrogen-bond acceptors (Lipinski definition) is 2. The third-order valence-electron chi connectivity index (χ3n) is 3.12. The van der Waals surface area contributed by atoms with E-state index in [0.29, 0.717) is 6.61 Å². The monoisotopic (exact) mass is 363 g/mol. The fourth-order valence-corrected chi connectivity index (χ4v) is 2.52. The molecule has 1 aliphatic rings. The third-order valence-corrected chi connectivity index (χ3v) is 3.84. The summed E-state index contributed by atoms with van der Waals surface area (Å²) < 4.78 is 6.93. The lowest BCUT2D eigenvalue weighted by atomic mass is 10.1. The highest BCUT2D eigenvalue weighted by Crippen LogP contribution is 2.16. The first-order valence-corrected chi connectivity index (χ1v) is 7.39. The first-order chi connectivity index (χ1) is 9.31. The van der Waals surface area contributed by atoms with Crippen molar-refractivity contribution in [2.45, 2.75) is 12.5 Å². The molecule has 2 aromatic carbocycles. The van der Waals surface area contributed by atoms with Gasteiger partial charge in [0.1, 0.15) is 6.61 Å². The Labute approximate surface area is 126 Å². The van der Waals surface area contributed by atoms with Crippen LogP contribution in [-0.2, 0) is 11.2 Å². The van der Waals surface area contributed by atoms with Crippen molar-refractivity contribution in [3.05, 3.63) is 69.3 Å². The Morgan fingerprint density at radius 1 is 1.05 bits per heavy atom. The molecule has 2 nitrogen and oxygen atoms in total. The van der Waals surface area contributed by atoms with E-state index in [4.69, 9.17) is 4.74 Å². The van der Waals surface area contributed by atoms with Gasteiger partial charge in [-0.3, -0.25) is 0 Å². The molecule has 0 bridgehead atoms. The summed E-state index contributed by atoms with van der Waals surface area (Å²) in [7, 11) is 0. The molecule has 96 valence electrons. The second-order valence-corrected chi connectivity index (χ2v) is 5.84. The van der Waals surface area contributed by atoms with E-state index in [9.17, 15) is 0 Å². The topological polar surface area (TPSA) is 21.6 Å². The normalized spacial score (nSPS) is 17.9. The van der Waals surface area contributed by atoms with Gasteiger partial charge in [-0.1, -0.05) is 30.3 Å². The van der Waals surface area contributed by atoms with Crippen LogP contribution in [-0.4, -0.2) is 18.5 Å². The van der Waals surface area contributed by atoms with Gasteiger partial charge < -0.3 is 4.74 Å². The third kappa shape index (κ3) is 3.15. The summed E-state index contributed by atoms with van der Waals surface area (Å²) in [6, 6.07) is 18.9. The zero-order valence-corrected chi connectivity index (χ0v) is 12.6. The van der Waals surface area contributed by atoms with Crippen molar-refractivity contribution in [3.8, 4) is 0 Å². The molecular formula is C16H14INO. The van der Waals surface area contributed by atoms with Crippen LogP contribution in [0.5, 0.6) is 0 Å². The minimum atomic E-state index is 0.233. The minimum absolute atomic E-state index is 0.233. The van der Waals surface area contributed by atoms with Crippen molar-refractivity contribution in [1.82, 2.24) is 0 Å². The molecule has 1 heterocycles. The van der Waals surface area contributed by atoms with Crippen molar-refractivity contribution in [1.29, 1.82) is 0 Å². The maximum Gasteiger partial charge on any atom is 0.216 e. The lowest BCUT2D eigenvalue weighted by molar-refractivity contribution is 0.317. The van der Waals surface area contributed by atoms with Gasteiger partial charge in [-0.05, 0) is 58.8 Å². The SMILES string of the molecule is Ic1ccc(C2=N[C@@H](Cc3ccccc3)CO2)cc1. The predicted octanol–water partition coefficient (Wildman–Crippen LogP) is 3.68. The molecule has 1 aliphatic heterocycles. The van der Waals surface area contributed by atoms with Crippen LogP contribution >= 0.6 is 22.6 Å². The van der Waals surface area contributed by atoms with E-state index in [-0.39, 0.29) is 6.04 Å². The molecule has 0 aliphatic carbocycles. The maximum absolute atomic E-state index is 5.71. The van der Waals surface area contributed by atoms with E-state index in [0.717, 1.165) is 17.9 Å². The minimum Gasteiger partial charge on any atom is -0.475 e. The fourth-order valence-electron chi connectivity index (χ4n) is 2.16. The summed E-state index contributed by atoms with van der Waals surface area (Å²) in [6.07, 6.45) is 0.939. The van der Waals surface area contributed by atoms with E-state index >= 15 is 0 Å². The molecule has 0 aromatic heterocycles. The molecular weight excluding hydrogens is 349 g/mol. The zero-order chi connectivity index (χ0) is 13.1. The van der Waals surface area contributed by atoms with Crippen LogP contribution in [0.3, 0.4) is 0 Å². The smallest absolute Gasteiger partial charge is 0.216 e. The van der Waals surface area contributed by atoms with Crippen LogP contribution in [0.1, 0.15) is 11.1 Å². The van der Waals surface area contributed by atoms with Gasteiger partial charge in [0, 0.05) is 9.13 Å². The molecule has 0 amide bonds. The molecule has 2 aromatic rings. The fraction of sp³-hybridized carbons (Fsp3) is 0.188. The quantitative estimate of drug-likeness (QED) is 0.763. The lowest BCUT2D eigenvalue weighted by Gasteiger charge is -2.04. The first-order valence-electron chi connectivity index (χ1n) is 6.32. The molecule has 3 heteroatoms. The molecule has 0 unspecified atom stereocenters. The summed E-state index contributed by atoms with van der Waals surface area (Å²) >= 11 is 2.30. The predicted molar refractivity (Wildman–Crippen MR) is 85.6 cm³/mol. The molecule has 1 atom stereocenters. The van der Waals surface area contributed by atoms with E-state index in [1.54, 1.807) is 0 Å². The van der Waals surface area contributed by atoms with Crippen LogP contribution in [0, 0.1) is 3.57 Å². The average molecular weight is 363 g/mol. The highest BCUT2D eigenvalue weighted by Gasteiger charge is 2.20. The van der Waals surface area contributed by atoms with Crippen molar-refractivity contribution in [2.24, 2.45) is 4.99 Å². The summed E-state index contributed by atoms with van der Waals surface area (Å²) in [5.74, 6) is 0.775. The number of ether oxygens (including phenoxy) is 1. The molecule has 0 radical (unpaired) electrons. The van der Waals surface area contributed by atoms with Gasteiger partial charge in [-0.2, -0.15) is 0 Å². The van der Waals surface area contributed by atoms with Crippen molar-refractivity contribution in [2.75, 3.05) is 6.61 Å². The van der Waals surface area contributed by atoms with Crippen molar-refractivity contribution in [3.63, 3.8) is 0 Å². The summed E-state index contributed by atoms with van der Waals surface area (Å²) in [4.78, 5) is 4.68. The molecule has 0 N–H and O–H groups in total. The van der Waals surface area contributed by atoms with Crippen LogP contribution < -0.4 is 0 Å². The first kappa shape index (κ1) is 12.7. The van der Waals surface area contributed by atoms with Crippen LogP contribution in [0.15, 0.2) is 59.6 Å². The second-order valence-electron chi connectivity index (χ2n) is 4.60. The summed E-state index contributed by atoms with van der Waals surface area (Å²) in [6.45, 7) is 0.677. The molecule has 0 fully saturated rings. The Morgan fingerprint density at radius 3 is 2.53 bits per heavy atom. The van der Waals surface area contributed by atoms with Crippen molar-refractivity contribution >= 4 is 28.5 Å². The van der Waals surface area contributed by atoms with Crippen LogP contribution in [0.2, 0.25) is 0 Å². The van der Waals surface area contributed by atoms with Crippen LogP contribution in [0.4, 0.5) is 0 Å². The van der Waals surface area contributed by atoms with Crippen LogP contribution in [0.25, 0.3) is 0 Å². The molecule has 0 saturated heterocycles. The van der Waals surface area contributed by atoms with Crippen molar-refractivity contribution < 1.29 is 4.74 Å². The largest absolute Gasteiger partial charge is 0.475 e. The average Bonchev–Trinajstić information content (AvgIpc) is 2.89. The van der Waals surface area contributed by atoms with E-state index in [2.05, 4.69) is 76.1 Å².